The first-order valence-electron chi connectivity index (χ1n) is 3.85. The van der Waals surface area contributed by atoms with Gasteiger partial charge >= 0.3 is 0 Å². The topological polar surface area (TPSA) is 60.8 Å². The largest absolute Gasteiger partial charge is 0.395 e. The standard InChI is InChI=1S/C7H15NO3S/c1-2-8(3-4-9)7(11)6(10)5-12/h6,9-10,12H,2-5H2,1H3. The molecule has 0 spiro atoms. The summed E-state index contributed by atoms with van der Waals surface area (Å²) in [5, 5.41) is 17.7. The van der Waals surface area contributed by atoms with Crippen molar-refractivity contribution >= 4 is 18.5 Å². The van der Waals surface area contributed by atoms with Gasteiger partial charge in [-0.05, 0) is 6.92 Å². The van der Waals surface area contributed by atoms with E-state index in [0.29, 0.717) is 6.54 Å². The van der Waals surface area contributed by atoms with E-state index in [2.05, 4.69) is 12.6 Å². The van der Waals surface area contributed by atoms with Crippen LogP contribution in [0.25, 0.3) is 0 Å². The average molecular weight is 193 g/mol. The number of rotatable bonds is 5. The lowest BCUT2D eigenvalue weighted by Crippen LogP contribution is -2.41. The summed E-state index contributed by atoms with van der Waals surface area (Å²) in [5.74, 6) is -0.262. The zero-order valence-corrected chi connectivity index (χ0v) is 8.00. The van der Waals surface area contributed by atoms with Crippen LogP contribution in [-0.2, 0) is 4.79 Å². The summed E-state index contributed by atoms with van der Waals surface area (Å²) in [7, 11) is 0. The minimum atomic E-state index is -1.06. The van der Waals surface area contributed by atoms with Gasteiger partial charge in [0.15, 0.2) is 0 Å². The molecule has 0 heterocycles. The first kappa shape index (κ1) is 11.7. The van der Waals surface area contributed by atoms with Crippen molar-refractivity contribution < 1.29 is 15.0 Å². The van der Waals surface area contributed by atoms with Crippen LogP contribution in [0.4, 0.5) is 0 Å². The molecule has 1 unspecified atom stereocenters. The van der Waals surface area contributed by atoms with Gasteiger partial charge in [-0.2, -0.15) is 12.6 Å². The molecule has 0 rings (SSSR count). The summed E-state index contributed by atoms with van der Waals surface area (Å²) < 4.78 is 0. The minimum Gasteiger partial charge on any atom is -0.395 e. The van der Waals surface area contributed by atoms with Crippen molar-refractivity contribution in [2.75, 3.05) is 25.4 Å². The first-order valence-corrected chi connectivity index (χ1v) is 4.49. The molecule has 0 aliphatic rings. The van der Waals surface area contributed by atoms with E-state index < -0.39 is 6.10 Å². The Balaban J connectivity index is 4.01. The third-order valence-corrected chi connectivity index (χ3v) is 1.87. The van der Waals surface area contributed by atoms with E-state index >= 15 is 0 Å². The molecule has 0 saturated carbocycles. The Kier molecular flexibility index (Phi) is 6.14. The van der Waals surface area contributed by atoms with Crippen LogP contribution in [0.15, 0.2) is 0 Å². The van der Waals surface area contributed by atoms with Gasteiger partial charge in [0.05, 0.1) is 6.61 Å². The number of amides is 1. The van der Waals surface area contributed by atoms with Crippen molar-refractivity contribution in [3.05, 3.63) is 0 Å². The van der Waals surface area contributed by atoms with Crippen molar-refractivity contribution in [1.82, 2.24) is 4.90 Å². The normalized spacial score (nSPS) is 12.7. The highest BCUT2D eigenvalue weighted by atomic mass is 32.1. The van der Waals surface area contributed by atoms with Crippen LogP contribution in [0.5, 0.6) is 0 Å². The highest BCUT2D eigenvalue weighted by Crippen LogP contribution is 1.96. The Hall–Kier alpha value is -0.260. The summed E-state index contributed by atoms with van der Waals surface area (Å²) in [6.07, 6.45) is -1.06. The van der Waals surface area contributed by atoms with Crippen LogP contribution in [0, 0.1) is 0 Å². The molecule has 0 aromatic heterocycles. The number of likely N-dealkylation sites (N-methyl/N-ethyl adjacent to an activating group) is 1. The molecule has 4 nitrogen and oxygen atoms in total. The van der Waals surface area contributed by atoms with Crippen LogP contribution in [-0.4, -0.2) is 52.6 Å². The maximum Gasteiger partial charge on any atom is 0.252 e. The van der Waals surface area contributed by atoms with Gasteiger partial charge in [-0.1, -0.05) is 0 Å². The Bertz CT molecular complexity index is 143. The molecule has 1 atom stereocenters. The van der Waals surface area contributed by atoms with Crippen LogP contribution in [0.1, 0.15) is 6.92 Å². The molecule has 0 saturated heterocycles. The molecule has 0 radical (unpaired) electrons. The number of carbonyl (C=O) groups excluding carboxylic acids is 1. The number of hydrogen-bond acceptors (Lipinski definition) is 4. The molecule has 0 aliphatic heterocycles. The molecular formula is C7H15NO3S. The summed E-state index contributed by atoms with van der Waals surface area (Å²) >= 11 is 3.80. The lowest BCUT2D eigenvalue weighted by Gasteiger charge is -2.21. The van der Waals surface area contributed by atoms with Gasteiger partial charge in [0, 0.05) is 18.8 Å². The molecule has 5 heteroatoms. The van der Waals surface area contributed by atoms with Crippen molar-refractivity contribution in [1.29, 1.82) is 0 Å². The van der Waals surface area contributed by atoms with E-state index in [-0.39, 0.29) is 24.8 Å². The maximum atomic E-state index is 11.2. The molecular weight excluding hydrogens is 178 g/mol. The Morgan fingerprint density at radius 2 is 2.25 bits per heavy atom. The van der Waals surface area contributed by atoms with E-state index in [1.165, 1.54) is 4.90 Å². The van der Waals surface area contributed by atoms with Gasteiger partial charge in [-0.3, -0.25) is 4.79 Å². The number of hydrogen-bond donors (Lipinski definition) is 3. The number of aliphatic hydroxyl groups excluding tert-OH is 2. The molecule has 0 aliphatic carbocycles. The minimum absolute atomic E-state index is 0.0845. The molecule has 1 amide bonds. The van der Waals surface area contributed by atoms with Crippen molar-refractivity contribution in [2.24, 2.45) is 0 Å². The molecule has 0 fully saturated rings. The van der Waals surface area contributed by atoms with E-state index in [1.807, 2.05) is 0 Å². The molecule has 2 N–H and O–H groups in total. The fourth-order valence-electron chi connectivity index (χ4n) is 0.834. The fraction of sp³-hybridized carbons (Fsp3) is 0.857. The van der Waals surface area contributed by atoms with Gasteiger partial charge in [0.2, 0.25) is 0 Å². The van der Waals surface area contributed by atoms with Crippen molar-refractivity contribution in [2.45, 2.75) is 13.0 Å². The molecule has 0 aromatic rings. The summed E-state index contributed by atoms with van der Waals surface area (Å²) in [5.41, 5.74) is 0. The molecule has 0 bridgehead atoms. The molecule has 0 aromatic carbocycles. The molecule has 72 valence electrons. The summed E-state index contributed by atoms with van der Waals surface area (Å²) in [6, 6.07) is 0. The van der Waals surface area contributed by atoms with Gasteiger partial charge in [0.1, 0.15) is 6.10 Å². The zero-order valence-electron chi connectivity index (χ0n) is 7.10. The van der Waals surface area contributed by atoms with E-state index in [9.17, 15) is 4.79 Å². The second-order valence-corrected chi connectivity index (χ2v) is 2.71. The van der Waals surface area contributed by atoms with E-state index in [4.69, 9.17) is 10.2 Å². The lowest BCUT2D eigenvalue weighted by atomic mass is 10.3. The fourth-order valence-corrected chi connectivity index (χ4v) is 0.990. The van der Waals surface area contributed by atoms with Gasteiger partial charge in [0.25, 0.3) is 5.91 Å². The smallest absolute Gasteiger partial charge is 0.252 e. The van der Waals surface area contributed by atoms with Crippen LogP contribution < -0.4 is 0 Å². The predicted octanol–water partition coefficient (Wildman–Crippen LogP) is -0.882. The van der Waals surface area contributed by atoms with E-state index in [1.54, 1.807) is 6.92 Å². The van der Waals surface area contributed by atoms with Crippen molar-refractivity contribution in [3.8, 4) is 0 Å². The lowest BCUT2D eigenvalue weighted by molar-refractivity contribution is -0.139. The summed E-state index contributed by atoms with van der Waals surface area (Å²) in [4.78, 5) is 12.6. The quantitative estimate of drug-likeness (QED) is 0.497. The predicted molar refractivity (Wildman–Crippen MR) is 49.2 cm³/mol. The van der Waals surface area contributed by atoms with Gasteiger partial charge < -0.3 is 15.1 Å². The average Bonchev–Trinajstić information content (AvgIpc) is 2.11. The number of aliphatic hydroxyl groups is 2. The third kappa shape index (κ3) is 3.42. The Morgan fingerprint density at radius 1 is 1.67 bits per heavy atom. The van der Waals surface area contributed by atoms with Crippen LogP contribution in [0.3, 0.4) is 0 Å². The van der Waals surface area contributed by atoms with Crippen LogP contribution >= 0.6 is 12.6 Å². The monoisotopic (exact) mass is 193 g/mol. The molecule has 12 heavy (non-hydrogen) atoms. The first-order chi connectivity index (χ1) is 5.67. The SMILES string of the molecule is CCN(CCO)C(=O)C(O)CS. The highest BCUT2D eigenvalue weighted by molar-refractivity contribution is 7.80. The number of nitrogens with zero attached hydrogens (tertiary/aromatic N) is 1. The highest BCUT2D eigenvalue weighted by Gasteiger charge is 2.18. The van der Waals surface area contributed by atoms with Crippen LogP contribution in [0.2, 0.25) is 0 Å². The third-order valence-electron chi connectivity index (χ3n) is 1.52. The summed E-state index contributed by atoms with van der Waals surface area (Å²) in [6.45, 7) is 2.46. The van der Waals surface area contributed by atoms with E-state index in [0.717, 1.165) is 0 Å². The Morgan fingerprint density at radius 3 is 2.58 bits per heavy atom. The second kappa shape index (κ2) is 6.28. The van der Waals surface area contributed by atoms with Gasteiger partial charge in [-0.25, -0.2) is 0 Å². The van der Waals surface area contributed by atoms with Gasteiger partial charge in [-0.15, -0.1) is 0 Å². The maximum absolute atomic E-state index is 11.2. The Labute approximate surface area is 77.6 Å². The number of thiol groups is 1. The van der Waals surface area contributed by atoms with Crippen molar-refractivity contribution in [3.63, 3.8) is 0 Å². The zero-order chi connectivity index (χ0) is 9.56. The number of carbonyl (C=O) groups is 1. The second-order valence-electron chi connectivity index (χ2n) is 2.34.